The maximum Gasteiger partial charge on any atom is 0.265 e. The van der Waals surface area contributed by atoms with Gasteiger partial charge in [-0.2, -0.15) is 5.10 Å². The number of carbonyl (C=O) groups is 1. The standard InChI is InChI=1S/C23H21N5O2S/c1-14-6-5-8-16(10-14)25-20(29)11-17-13-31-23-26-21-18(22(30)27(17)23)12-24-28(21)19-9-4-3-7-15(19)2/h3-10,12,17H,11,13H2,1-2H3,(H,25,29). The van der Waals surface area contributed by atoms with Gasteiger partial charge in [0.05, 0.1) is 17.9 Å². The Balaban J connectivity index is 1.46. The highest BCUT2D eigenvalue weighted by molar-refractivity contribution is 7.99. The van der Waals surface area contributed by atoms with E-state index in [1.54, 1.807) is 15.4 Å². The lowest BCUT2D eigenvalue weighted by Gasteiger charge is -2.14. The second-order valence-corrected chi connectivity index (χ2v) is 8.72. The van der Waals surface area contributed by atoms with Gasteiger partial charge in [0.2, 0.25) is 5.91 Å². The number of aromatic nitrogens is 4. The van der Waals surface area contributed by atoms with Gasteiger partial charge in [-0.3, -0.25) is 14.2 Å². The van der Waals surface area contributed by atoms with Crippen LogP contribution in [-0.2, 0) is 4.79 Å². The van der Waals surface area contributed by atoms with Crippen LogP contribution in [0.4, 0.5) is 5.69 Å². The molecule has 0 spiro atoms. The number of thioether (sulfide) groups is 1. The normalized spacial score (nSPS) is 15.2. The summed E-state index contributed by atoms with van der Waals surface area (Å²) < 4.78 is 3.36. The Bertz CT molecular complexity index is 1370. The zero-order chi connectivity index (χ0) is 21.5. The van der Waals surface area contributed by atoms with Crippen molar-refractivity contribution < 1.29 is 4.79 Å². The number of anilines is 1. The van der Waals surface area contributed by atoms with E-state index in [-0.39, 0.29) is 23.9 Å². The maximum atomic E-state index is 13.3. The summed E-state index contributed by atoms with van der Waals surface area (Å²) in [6, 6.07) is 15.3. The highest BCUT2D eigenvalue weighted by atomic mass is 32.2. The lowest BCUT2D eigenvalue weighted by atomic mass is 10.2. The van der Waals surface area contributed by atoms with Gasteiger partial charge in [-0.25, -0.2) is 9.67 Å². The molecule has 1 aliphatic heterocycles. The van der Waals surface area contributed by atoms with E-state index < -0.39 is 0 Å². The van der Waals surface area contributed by atoms with E-state index in [1.807, 2.05) is 62.4 Å². The second-order valence-electron chi connectivity index (χ2n) is 7.74. The summed E-state index contributed by atoms with van der Waals surface area (Å²) in [5.41, 5.74) is 4.17. The largest absolute Gasteiger partial charge is 0.326 e. The first-order chi connectivity index (χ1) is 15.0. The van der Waals surface area contributed by atoms with Crippen LogP contribution in [-0.4, -0.2) is 31.0 Å². The lowest BCUT2D eigenvalue weighted by molar-refractivity contribution is -0.116. The molecule has 7 nitrogen and oxygen atoms in total. The summed E-state index contributed by atoms with van der Waals surface area (Å²) in [6.45, 7) is 3.98. The molecule has 1 atom stereocenters. The Kier molecular flexibility index (Phi) is 4.86. The topological polar surface area (TPSA) is 81.8 Å². The molecule has 1 amide bonds. The van der Waals surface area contributed by atoms with E-state index in [4.69, 9.17) is 4.98 Å². The number of fused-ring (bicyclic) bond motifs is 2. The Morgan fingerprint density at radius 3 is 2.84 bits per heavy atom. The van der Waals surface area contributed by atoms with Gasteiger partial charge in [-0.05, 0) is 43.2 Å². The van der Waals surface area contributed by atoms with Crippen molar-refractivity contribution in [3.63, 3.8) is 0 Å². The number of para-hydroxylation sites is 1. The molecule has 1 N–H and O–H groups in total. The van der Waals surface area contributed by atoms with E-state index in [1.165, 1.54) is 11.8 Å². The third kappa shape index (κ3) is 3.53. The van der Waals surface area contributed by atoms with Crippen molar-refractivity contribution in [2.24, 2.45) is 0 Å². The number of hydrogen-bond donors (Lipinski definition) is 1. The second kappa shape index (κ2) is 7.70. The Hall–Kier alpha value is -3.39. The van der Waals surface area contributed by atoms with Crippen LogP contribution in [0.1, 0.15) is 23.6 Å². The van der Waals surface area contributed by atoms with Gasteiger partial charge in [-0.15, -0.1) is 0 Å². The third-order valence-corrected chi connectivity index (χ3v) is 6.53. The quantitative estimate of drug-likeness (QED) is 0.496. The van der Waals surface area contributed by atoms with Crippen molar-refractivity contribution >= 4 is 34.4 Å². The van der Waals surface area contributed by atoms with Crippen LogP contribution in [0.3, 0.4) is 0 Å². The van der Waals surface area contributed by atoms with E-state index >= 15 is 0 Å². The van der Waals surface area contributed by atoms with Crippen molar-refractivity contribution in [3.05, 3.63) is 76.2 Å². The van der Waals surface area contributed by atoms with Crippen LogP contribution in [0, 0.1) is 13.8 Å². The summed E-state index contributed by atoms with van der Waals surface area (Å²) in [4.78, 5) is 30.6. The molecule has 4 aromatic rings. The molecule has 8 heteroatoms. The van der Waals surface area contributed by atoms with Crippen molar-refractivity contribution in [2.75, 3.05) is 11.1 Å². The van der Waals surface area contributed by atoms with Gasteiger partial charge in [-0.1, -0.05) is 42.1 Å². The molecule has 1 unspecified atom stereocenters. The zero-order valence-corrected chi connectivity index (χ0v) is 18.0. The summed E-state index contributed by atoms with van der Waals surface area (Å²) in [6.07, 6.45) is 1.78. The molecule has 5 rings (SSSR count). The summed E-state index contributed by atoms with van der Waals surface area (Å²) in [7, 11) is 0. The number of nitrogens with zero attached hydrogens (tertiary/aromatic N) is 4. The Labute approximate surface area is 183 Å². The number of rotatable bonds is 4. The maximum absolute atomic E-state index is 13.3. The fourth-order valence-corrected chi connectivity index (χ4v) is 5.04. The van der Waals surface area contributed by atoms with Gasteiger partial charge >= 0.3 is 0 Å². The molecule has 2 aromatic carbocycles. The average Bonchev–Trinajstić information content (AvgIpc) is 3.33. The van der Waals surface area contributed by atoms with Crippen molar-refractivity contribution in [1.82, 2.24) is 19.3 Å². The molecule has 0 fully saturated rings. The Morgan fingerprint density at radius 2 is 2.03 bits per heavy atom. The van der Waals surface area contributed by atoms with Gasteiger partial charge in [0.1, 0.15) is 5.39 Å². The van der Waals surface area contributed by atoms with Crippen LogP contribution >= 0.6 is 11.8 Å². The first kappa shape index (κ1) is 19.6. The molecule has 0 bridgehead atoms. The molecule has 31 heavy (non-hydrogen) atoms. The van der Waals surface area contributed by atoms with Crippen molar-refractivity contribution in [1.29, 1.82) is 0 Å². The zero-order valence-electron chi connectivity index (χ0n) is 17.2. The molecular weight excluding hydrogens is 410 g/mol. The lowest BCUT2D eigenvalue weighted by Crippen LogP contribution is -2.27. The molecule has 0 aliphatic carbocycles. The molecule has 0 saturated heterocycles. The fraction of sp³-hybridized carbons (Fsp3) is 0.217. The van der Waals surface area contributed by atoms with E-state index in [0.29, 0.717) is 21.9 Å². The highest BCUT2D eigenvalue weighted by Gasteiger charge is 2.29. The molecule has 2 aromatic heterocycles. The minimum atomic E-state index is -0.240. The fourth-order valence-electron chi connectivity index (χ4n) is 3.91. The van der Waals surface area contributed by atoms with Crippen molar-refractivity contribution in [3.8, 4) is 5.69 Å². The molecular formula is C23H21N5O2S. The van der Waals surface area contributed by atoms with Crippen LogP contribution in [0.2, 0.25) is 0 Å². The van der Waals surface area contributed by atoms with Gasteiger partial charge < -0.3 is 5.32 Å². The Morgan fingerprint density at radius 1 is 1.19 bits per heavy atom. The van der Waals surface area contributed by atoms with Gasteiger partial charge in [0.25, 0.3) is 5.56 Å². The number of amides is 1. The average molecular weight is 432 g/mol. The number of hydrogen-bond acceptors (Lipinski definition) is 5. The third-order valence-electron chi connectivity index (χ3n) is 5.44. The minimum absolute atomic E-state index is 0.119. The number of nitrogens with one attached hydrogen (secondary N) is 1. The van der Waals surface area contributed by atoms with E-state index in [0.717, 1.165) is 22.5 Å². The van der Waals surface area contributed by atoms with Crippen LogP contribution in [0.5, 0.6) is 0 Å². The molecule has 1 aliphatic rings. The molecule has 0 saturated carbocycles. The smallest absolute Gasteiger partial charge is 0.265 e. The first-order valence-electron chi connectivity index (χ1n) is 10.1. The first-order valence-corrected chi connectivity index (χ1v) is 11.1. The summed E-state index contributed by atoms with van der Waals surface area (Å²) in [5, 5.41) is 8.44. The monoisotopic (exact) mass is 431 g/mol. The number of benzene rings is 2. The van der Waals surface area contributed by atoms with Gasteiger partial charge in [0.15, 0.2) is 10.8 Å². The van der Waals surface area contributed by atoms with Gasteiger partial charge in [0, 0.05) is 17.9 Å². The SMILES string of the molecule is Cc1cccc(NC(=O)CC2CSc3nc4c(cnn4-c4ccccc4C)c(=O)n32)c1. The van der Waals surface area contributed by atoms with E-state index in [9.17, 15) is 9.59 Å². The summed E-state index contributed by atoms with van der Waals surface area (Å²) in [5.74, 6) is 0.514. The van der Waals surface area contributed by atoms with E-state index in [2.05, 4.69) is 10.4 Å². The van der Waals surface area contributed by atoms with Crippen LogP contribution < -0.4 is 10.9 Å². The minimum Gasteiger partial charge on any atom is -0.326 e. The predicted octanol–water partition coefficient (Wildman–Crippen LogP) is 3.87. The molecule has 156 valence electrons. The molecule has 3 heterocycles. The van der Waals surface area contributed by atoms with Crippen LogP contribution in [0.15, 0.2) is 64.7 Å². The van der Waals surface area contributed by atoms with Crippen LogP contribution in [0.25, 0.3) is 16.7 Å². The predicted molar refractivity (Wildman–Crippen MR) is 122 cm³/mol. The number of aryl methyl sites for hydroxylation is 2. The molecule has 0 radical (unpaired) electrons. The van der Waals surface area contributed by atoms with Crippen molar-refractivity contribution in [2.45, 2.75) is 31.5 Å². The highest BCUT2D eigenvalue weighted by Crippen LogP contribution is 2.33. The summed E-state index contributed by atoms with van der Waals surface area (Å²) >= 11 is 1.50. The number of carbonyl (C=O) groups excluding carboxylic acids is 1.